The number of nitrogens with two attached hydrogens (primary N) is 1. The first-order valence-corrected chi connectivity index (χ1v) is 8.41. The van der Waals surface area contributed by atoms with Gasteiger partial charge in [-0.05, 0) is 12.1 Å². The van der Waals surface area contributed by atoms with Crippen molar-refractivity contribution in [3.05, 3.63) is 47.4 Å². The van der Waals surface area contributed by atoms with Gasteiger partial charge < -0.3 is 16.0 Å². The van der Waals surface area contributed by atoms with Crippen LogP contribution in [0.1, 0.15) is 10.5 Å². The number of hydrogen-bond acceptors (Lipinski definition) is 5. The molecule has 0 spiro atoms. The third-order valence-electron chi connectivity index (χ3n) is 4.28. The van der Waals surface area contributed by atoms with Gasteiger partial charge in [-0.2, -0.15) is 0 Å². The molecule has 3 N–H and O–H groups in total. The fourth-order valence-electron chi connectivity index (χ4n) is 3.01. The van der Waals surface area contributed by atoms with E-state index in [1.807, 2.05) is 30.5 Å². The number of nitrogens with zero attached hydrogens (tertiary/aromatic N) is 4. The van der Waals surface area contributed by atoms with Gasteiger partial charge in [0.1, 0.15) is 5.69 Å². The van der Waals surface area contributed by atoms with Gasteiger partial charge in [-0.1, -0.05) is 23.7 Å². The molecule has 4 rings (SSSR count). The number of piperazine rings is 1. The van der Waals surface area contributed by atoms with Crippen LogP contribution in [0.25, 0.3) is 16.9 Å². The number of anilines is 1. The zero-order valence-corrected chi connectivity index (χ0v) is 14.2. The van der Waals surface area contributed by atoms with Crippen molar-refractivity contribution in [1.29, 1.82) is 0 Å². The molecule has 0 unspecified atom stereocenters. The van der Waals surface area contributed by atoms with Crippen molar-refractivity contribution in [3.63, 3.8) is 0 Å². The Morgan fingerprint density at radius 1 is 1.20 bits per heavy atom. The van der Waals surface area contributed by atoms with Crippen molar-refractivity contribution in [2.45, 2.75) is 0 Å². The molecule has 0 aliphatic carbocycles. The molecule has 3 heterocycles. The van der Waals surface area contributed by atoms with E-state index in [2.05, 4.69) is 15.2 Å². The predicted molar refractivity (Wildman–Crippen MR) is 97.0 cm³/mol. The summed E-state index contributed by atoms with van der Waals surface area (Å²) in [6, 6.07) is 7.41. The number of amides is 1. The largest absolute Gasteiger partial charge is 0.364 e. The van der Waals surface area contributed by atoms with Crippen LogP contribution in [0.5, 0.6) is 0 Å². The van der Waals surface area contributed by atoms with Crippen molar-refractivity contribution < 1.29 is 4.79 Å². The predicted octanol–water partition coefficient (Wildman–Crippen LogP) is 1.56. The zero-order chi connectivity index (χ0) is 17.4. The summed E-state index contributed by atoms with van der Waals surface area (Å²) in [4.78, 5) is 23.1. The summed E-state index contributed by atoms with van der Waals surface area (Å²) in [5.74, 6) is 0.219. The van der Waals surface area contributed by atoms with E-state index in [1.165, 1.54) is 6.20 Å². The van der Waals surface area contributed by atoms with Gasteiger partial charge in [0.05, 0.1) is 11.9 Å². The average molecular weight is 357 g/mol. The number of carbonyl (C=O) groups is 1. The number of hydrogen-bond donors (Lipinski definition) is 2. The molecule has 3 aromatic rings. The molecule has 1 fully saturated rings. The second-order valence-electron chi connectivity index (χ2n) is 5.89. The molecule has 1 aliphatic heterocycles. The van der Waals surface area contributed by atoms with Crippen LogP contribution < -0.4 is 16.0 Å². The molecule has 1 amide bonds. The summed E-state index contributed by atoms with van der Waals surface area (Å²) >= 11 is 5.96. The standard InChI is InChI=1S/C17H17ClN6O/c18-12-3-1-11(2-4-12)13-10-24-14(15(19)25)9-21-16(17(24)22-13)23-7-5-20-6-8-23/h1-4,9-10,20H,5-8H2,(H2,19,25). The summed E-state index contributed by atoms with van der Waals surface area (Å²) in [5, 5.41) is 3.98. The van der Waals surface area contributed by atoms with E-state index >= 15 is 0 Å². The van der Waals surface area contributed by atoms with E-state index < -0.39 is 5.91 Å². The maximum Gasteiger partial charge on any atom is 0.267 e. The van der Waals surface area contributed by atoms with E-state index in [9.17, 15) is 4.79 Å². The van der Waals surface area contributed by atoms with Crippen molar-refractivity contribution in [2.75, 3.05) is 31.1 Å². The SMILES string of the molecule is NC(=O)c1cnc(N2CCNCC2)c2nc(-c3ccc(Cl)cc3)cn12. The van der Waals surface area contributed by atoms with E-state index in [0.29, 0.717) is 16.4 Å². The van der Waals surface area contributed by atoms with E-state index in [4.69, 9.17) is 22.3 Å². The summed E-state index contributed by atoms with van der Waals surface area (Å²) in [5.41, 5.74) is 8.09. The van der Waals surface area contributed by atoms with Crippen LogP contribution in [0, 0.1) is 0 Å². The quantitative estimate of drug-likeness (QED) is 0.743. The van der Waals surface area contributed by atoms with E-state index in [1.54, 1.807) is 4.40 Å². The normalized spacial score (nSPS) is 14.8. The molecule has 1 saturated heterocycles. The maximum atomic E-state index is 11.8. The molecular weight excluding hydrogens is 340 g/mol. The highest BCUT2D eigenvalue weighted by Gasteiger charge is 2.20. The number of halogens is 1. The van der Waals surface area contributed by atoms with Crippen molar-refractivity contribution in [3.8, 4) is 11.3 Å². The van der Waals surface area contributed by atoms with Gasteiger partial charge in [-0.15, -0.1) is 0 Å². The Morgan fingerprint density at radius 3 is 2.60 bits per heavy atom. The summed E-state index contributed by atoms with van der Waals surface area (Å²) in [6.45, 7) is 3.44. The Balaban J connectivity index is 1.88. The van der Waals surface area contributed by atoms with Crippen LogP contribution in [0.4, 0.5) is 5.82 Å². The Bertz CT molecular complexity index is 930. The number of fused-ring (bicyclic) bond motifs is 1. The van der Waals surface area contributed by atoms with E-state index in [-0.39, 0.29) is 0 Å². The topological polar surface area (TPSA) is 88.5 Å². The van der Waals surface area contributed by atoms with Crippen LogP contribution in [0.15, 0.2) is 36.7 Å². The minimum absolute atomic E-state index is 0.307. The van der Waals surface area contributed by atoms with Gasteiger partial charge in [0.2, 0.25) is 0 Å². The number of nitrogens with one attached hydrogen (secondary N) is 1. The minimum Gasteiger partial charge on any atom is -0.364 e. The molecular formula is C17H17ClN6O. The Morgan fingerprint density at radius 2 is 1.92 bits per heavy atom. The highest BCUT2D eigenvalue weighted by molar-refractivity contribution is 6.30. The molecule has 128 valence electrons. The molecule has 0 radical (unpaired) electrons. The average Bonchev–Trinajstić information content (AvgIpc) is 3.07. The fraction of sp³-hybridized carbons (Fsp3) is 0.235. The lowest BCUT2D eigenvalue weighted by atomic mass is 10.2. The molecule has 0 saturated carbocycles. The number of aromatic nitrogens is 3. The van der Waals surface area contributed by atoms with Crippen LogP contribution >= 0.6 is 11.6 Å². The van der Waals surface area contributed by atoms with Gasteiger partial charge in [0, 0.05) is 43.0 Å². The second-order valence-corrected chi connectivity index (χ2v) is 6.33. The first kappa shape index (κ1) is 15.9. The van der Waals surface area contributed by atoms with E-state index in [0.717, 1.165) is 43.3 Å². The highest BCUT2D eigenvalue weighted by Crippen LogP contribution is 2.26. The van der Waals surface area contributed by atoms with Gasteiger partial charge in [0.25, 0.3) is 5.91 Å². The fourth-order valence-corrected chi connectivity index (χ4v) is 3.13. The van der Waals surface area contributed by atoms with Crippen molar-refractivity contribution in [1.82, 2.24) is 19.7 Å². The molecule has 2 aromatic heterocycles. The Hall–Kier alpha value is -2.64. The van der Waals surface area contributed by atoms with Crippen LogP contribution in [-0.4, -0.2) is 46.5 Å². The Labute approximate surface area is 149 Å². The van der Waals surface area contributed by atoms with Gasteiger partial charge >= 0.3 is 0 Å². The minimum atomic E-state index is -0.538. The van der Waals surface area contributed by atoms with Crippen LogP contribution in [0.2, 0.25) is 5.02 Å². The number of imidazole rings is 1. The smallest absolute Gasteiger partial charge is 0.267 e. The highest BCUT2D eigenvalue weighted by atomic mass is 35.5. The number of primary amides is 1. The molecule has 0 atom stereocenters. The Kier molecular flexibility index (Phi) is 4.03. The number of benzene rings is 1. The maximum absolute atomic E-state index is 11.8. The molecule has 8 heteroatoms. The third kappa shape index (κ3) is 2.92. The monoisotopic (exact) mass is 356 g/mol. The second kappa shape index (κ2) is 6.34. The van der Waals surface area contributed by atoms with Crippen LogP contribution in [-0.2, 0) is 0 Å². The lowest BCUT2D eigenvalue weighted by Crippen LogP contribution is -2.44. The summed E-state index contributed by atoms with van der Waals surface area (Å²) < 4.78 is 1.72. The lowest BCUT2D eigenvalue weighted by molar-refractivity contribution is 0.0994. The van der Waals surface area contributed by atoms with Gasteiger partial charge in [0.15, 0.2) is 11.5 Å². The number of rotatable bonds is 3. The molecule has 1 aromatic carbocycles. The van der Waals surface area contributed by atoms with Crippen LogP contribution in [0.3, 0.4) is 0 Å². The van der Waals surface area contributed by atoms with Gasteiger partial charge in [-0.25, -0.2) is 9.97 Å². The first-order chi connectivity index (χ1) is 12.1. The molecule has 25 heavy (non-hydrogen) atoms. The zero-order valence-electron chi connectivity index (χ0n) is 13.4. The summed E-state index contributed by atoms with van der Waals surface area (Å²) in [7, 11) is 0. The lowest BCUT2D eigenvalue weighted by Gasteiger charge is -2.28. The van der Waals surface area contributed by atoms with Crippen molar-refractivity contribution in [2.24, 2.45) is 5.73 Å². The molecule has 7 nitrogen and oxygen atoms in total. The summed E-state index contributed by atoms with van der Waals surface area (Å²) in [6.07, 6.45) is 3.33. The third-order valence-corrected chi connectivity index (χ3v) is 4.54. The number of carbonyl (C=O) groups excluding carboxylic acids is 1. The van der Waals surface area contributed by atoms with Crippen molar-refractivity contribution >= 4 is 29.0 Å². The molecule has 0 bridgehead atoms. The van der Waals surface area contributed by atoms with Gasteiger partial charge in [-0.3, -0.25) is 9.20 Å². The first-order valence-electron chi connectivity index (χ1n) is 8.03. The molecule has 1 aliphatic rings.